The van der Waals surface area contributed by atoms with E-state index in [1.165, 1.54) is 43.5 Å². The Bertz CT molecular complexity index is 1380. The summed E-state index contributed by atoms with van der Waals surface area (Å²) in [5.41, 5.74) is 5.69. The Kier molecular flexibility index (Phi) is 6.55. The molecular formula is C29H35ClN5OP. The number of fused-ring (bicyclic) bond motifs is 2. The molecule has 194 valence electrons. The highest BCUT2D eigenvalue weighted by Gasteiger charge is 2.46. The van der Waals surface area contributed by atoms with Crippen molar-refractivity contribution in [1.82, 2.24) is 14.9 Å². The van der Waals surface area contributed by atoms with Gasteiger partial charge in [-0.25, -0.2) is 4.98 Å². The summed E-state index contributed by atoms with van der Waals surface area (Å²) in [4.78, 5) is 11.8. The fraction of sp³-hybridized carbons (Fsp3) is 0.448. The van der Waals surface area contributed by atoms with Crippen molar-refractivity contribution >= 4 is 47.2 Å². The molecule has 2 aliphatic carbocycles. The van der Waals surface area contributed by atoms with Crippen LogP contribution in [0.5, 0.6) is 0 Å². The SMILES string of the molecule is Cc1ccc(Nc2nc(Nc3ccc4c(c3)CC[C@@H](N3CC5CC5C3)CC4)ncc2Cl)c(P(C)(C)=O)c1. The average molecular weight is 536 g/mol. The Labute approximate surface area is 224 Å². The molecule has 0 radical (unpaired) electrons. The number of nitrogens with one attached hydrogen (secondary N) is 2. The van der Waals surface area contributed by atoms with Crippen molar-refractivity contribution in [3.63, 3.8) is 0 Å². The van der Waals surface area contributed by atoms with E-state index in [0.717, 1.165) is 53.0 Å². The van der Waals surface area contributed by atoms with Crippen LogP contribution in [-0.4, -0.2) is 47.3 Å². The van der Waals surface area contributed by atoms with E-state index in [2.05, 4.69) is 43.7 Å². The number of hydrogen-bond acceptors (Lipinski definition) is 6. The number of anilines is 4. The molecule has 3 aliphatic rings. The molecule has 6 nitrogen and oxygen atoms in total. The fourth-order valence-corrected chi connectivity index (χ4v) is 7.39. The first kappa shape index (κ1) is 24.9. The summed E-state index contributed by atoms with van der Waals surface area (Å²) in [5.74, 6) is 2.94. The molecule has 1 aromatic heterocycles. The topological polar surface area (TPSA) is 70.2 Å². The number of halogens is 1. The molecule has 37 heavy (non-hydrogen) atoms. The van der Waals surface area contributed by atoms with Gasteiger partial charge in [-0.3, -0.25) is 4.90 Å². The summed E-state index contributed by atoms with van der Waals surface area (Å²) in [6.07, 6.45) is 7.82. The van der Waals surface area contributed by atoms with Gasteiger partial charge in [0.15, 0.2) is 5.82 Å². The predicted octanol–water partition coefficient (Wildman–Crippen LogP) is 6.37. The zero-order valence-electron chi connectivity index (χ0n) is 21.8. The molecule has 3 aromatic rings. The maximum atomic E-state index is 12.9. The van der Waals surface area contributed by atoms with E-state index in [-0.39, 0.29) is 0 Å². The Morgan fingerprint density at radius 2 is 1.76 bits per heavy atom. The van der Waals surface area contributed by atoms with E-state index in [1.54, 1.807) is 19.5 Å². The molecule has 0 spiro atoms. The summed E-state index contributed by atoms with van der Waals surface area (Å²) in [6, 6.07) is 13.2. The third-order valence-electron chi connectivity index (χ3n) is 8.21. The van der Waals surface area contributed by atoms with Gasteiger partial charge in [0.25, 0.3) is 0 Å². The Morgan fingerprint density at radius 3 is 2.51 bits per heavy atom. The van der Waals surface area contributed by atoms with Crippen LogP contribution in [-0.2, 0) is 17.4 Å². The van der Waals surface area contributed by atoms with Gasteiger partial charge < -0.3 is 15.2 Å². The van der Waals surface area contributed by atoms with Crippen LogP contribution >= 0.6 is 18.7 Å². The monoisotopic (exact) mass is 535 g/mol. The number of rotatable bonds is 6. The van der Waals surface area contributed by atoms with Crippen LogP contribution in [0, 0.1) is 18.8 Å². The fourth-order valence-electron chi connectivity index (χ4n) is 6.03. The molecule has 0 bridgehead atoms. The molecular weight excluding hydrogens is 501 g/mol. The molecule has 1 aliphatic heterocycles. The van der Waals surface area contributed by atoms with Gasteiger partial charge in [0.05, 0.1) is 11.9 Å². The van der Waals surface area contributed by atoms with Crippen molar-refractivity contribution in [2.24, 2.45) is 11.8 Å². The normalized spacial score (nSPS) is 23.2. The van der Waals surface area contributed by atoms with Crippen LogP contribution in [0.2, 0.25) is 5.02 Å². The zero-order chi connectivity index (χ0) is 25.7. The number of benzene rings is 2. The van der Waals surface area contributed by atoms with E-state index >= 15 is 0 Å². The molecule has 3 atom stereocenters. The lowest BCUT2D eigenvalue weighted by Gasteiger charge is -2.27. The van der Waals surface area contributed by atoms with Crippen molar-refractivity contribution < 1.29 is 4.57 Å². The summed E-state index contributed by atoms with van der Waals surface area (Å²) in [6.45, 7) is 8.19. The van der Waals surface area contributed by atoms with Crippen LogP contribution in [0.15, 0.2) is 42.6 Å². The van der Waals surface area contributed by atoms with Crippen LogP contribution in [0.1, 0.15) is 36.0 Å². The number of aromatic nitrogens is 2. The van der Waals surface area contributed by atoms with Gasteiger partial charge in [-0.15, -0.1) is 0 Å². The molecule has 6 rings (SSSR count). The summed E-state index contributed by atoms with van der Waals surface area (Å²) < 4.78 is 12.9. The van der Waals surface area contributed by atoms with E-state index in [9.17, 15) is 4.57 Å². The quantitative estimate of drug-likeness (QED) is 0.282. The molecule has 2 fully saturated rings. The number of aryl methyl sites for hydroxylation is 3. The summed E-state index contributed by atoms with van der Waals surface area (Å²) in [5, 5.41) is 7.86. The van der Waals surface area contributed by atoms with Gasteiger partial charge in [0, 0.05) is 30.1 Å². The first-order valence-electron chi connectivity index (χ1n) is 13.3. The smallest absolute Gasteiger partial charge is 0.229 e. The second-order valence-corrected chi connectivity index (χ2v) is 15.0. The molecule has 8 heteroatoms. The van der Waals surface area contributed by atoms with E-state index < -0.39 is 7.14 Å². The lowest BCUT2D eigenvalue weighted by molar-refractivity contribution is 0.201. The van der Waals surface area contributed by atoms with Crippen molar-refractivity contribution in [3.05, 3.63) is 64.3 Å². The average Bonchev–Trinajstić information content (AvgIpc) is 3.53. The lowest BCUT2D eigenvalue weighted by atomic mass is 10.0. The minimum atomic E-state index is -2.50. The third kappa shape index (κ3) is 5.43. The standard InChI is InChI=1S/C29H35ClN5OP/c1-18-4-11-26(27(12-18)37(2,3)36)33-28-25(30)15-31-29(34-28)32-23-8-5-19-6-9-24(10-7-20(19)14-23)35-16-21-13-22(21)17-35/h4-5,8,11-12,14-15,21-22,24H,6-7,9-10,13,16-17H2,1-3H3,(H2,31,32,33,34)/t21?,22?,24-/m0/s1. The molecule has 0 amide bonds. The number of piperidine rings is 1. The van der Waals surface area contributed by atoms with Crippen molar-refractivity contribution in [1.29, 1.82) is 0 Å². The first-order valence-corrected chi connectivity index (χ1v) is 16.3. The van der Waals surface area contributed by atoms with Crippen LogP contribution in [0.4, 0.5) is 23.1 Å². The van der Waals surface area contributed by atoms with E-state index in [0.29, 0.717) is 16.8 Å². The van der Waals surface area contributed by atoms with Gasteiger partial charge in [-0.1, -0.05) is 29.3 Å². The highest BCUT2D eigenvalue weighted by atomic mass is 35.5. The molecule has 2 unspecified atom stereocenters. The van der Waals surface area contributed by atoms with Crippen LogP contribution in [0.25, 0.3) is 0 Å². The van der Waals surface area contributed by atoms with Crippen molar-refractivity contribution in [2.45, 2.75) is 45.1 Å². The zero-order valence-corrected chi connectivity index (χ0v) is 23.4. The Balaban J connectivity index is 1.18. The van der Waals surface area contributed by atoms with Crippen molar-refractivity contribution in [3.8, 4) is 0 Å². The maximum absolute atomic E-state index is 12.9. The highest BCUT2D eigenvalue weighted by molar-refractivity contribution is 7.70. The molecule has 2 N–H and O–H groups in total. The Hall–Kier alpha value is -2.40. The van der Waals surface area contributed by atoms with E-state index in [1.807, 2.05) is 25.1 Å². The molecule has 2 aromatic carbocycles. The lowest BCUT2D eigenvalue weighted by Crippen LogP contribution is -2.34. The second kappa shape index (κ2) is 9.72. The molecule has 1 saturated carbocycles. The van der Waals surface area contributed by atoms with Gasteiger partial charge in [0.1, 0.15) is 12.2 Å². The van der Waals surface area contributed by atoms with Gasteiger partial charge in [-0.05, 0) is 99.6 Å². The Morgan fingerprint density at radius 1 is 1.00 bits per heavy atom. The second-order valence-electron chi connectivity index (χ2n) is 11.4. The minimum Gasteiger partial charge on any atom is -0.338 e. The predicted molar refractivity (Wildman–Crippen MR) is 154 cm³/mol. The van der Waals surface area contributed by atoms with Gasteiger partial charge >= 0.3 is 0 Å². The van der Waals surface area contributed by atoms with Crippen LogP contribution < -0.4 is 15.9 Å². The summed E-state index contributed by atoms with van der Waals surface area (Å²) >= 11 is 6.45. The minimum absolute atomic E-state index is 0.409. The third-order valence-corrected chi connectivity index (χ3v) is 10.0. The van der Waals surface area contributed by atoms with Crippen LogP contribution in [0.3, 0.4) is 0 Å². The first-order chi connectivity index (χ1) is 17.7. The molecule has 2 heterocycles. The number of nitrogens with zero attached hydrogens (tertiary/aromatic N) is 3. The van der Waals surface area contributed by atoms with Crippen molar-refractivity contribution in [2.75, 3.05) is 37.1 Å². The maximum Gasteiger partial charge on any atom is 0.229 e. The summed E-state index contributed by atoms with van der Waals surface area (Å²) in [7, 11) is -2.50. The highest BCUT2D eigenvalue weighted by Crippen LogP contribution is 2.46. The van der Waals surface area contributed by atoms with E-state index in [4.69, 9.17) is 11.6 Å². The van der Waals surface area contributed by atoms with Gasteiger partial charge in [-0.2, -0.15) is 4.98 Å². The number of likely N-dealkylation sites (tertiary alicyclic amines) is 1. The number of hydrogen-bond donors (Lipinski definition) is 2. The van der Waals surface area contributed by atoms with Gasteiger partial charge in [0.2, 0.25) is 5.95 Å². The largest absolute Gasteiger partial charge is 0.338 e. The molecule has 1 saturated heterocycles.